The number of ether oxygens (including phenoxy) is 2. The minimum atomic E-state index is -4.07. The molecule has 1 heterocycles. The zero-order valence-electron chi connectivity index (χ0n) is 25.4. The number of nitrogens with one attached hydrogen (secondary N) is 1. The fourth-order valence-electron chi connectivity index (χ4n) is 5.10. The van der Waals surface area contributed by atoms with Gasteiger partial charge in [0, 0.05) is 29.6 Å². The smallest absolute Gasteiger partial charge is 0.255 e. The summed E-state index contributed by atoms with van der Waals surface area (Å²) in [7, 11) is -1.15. The minimum absolute atomic E-state index is 0.00606. The third kappa shape index (κ3) is 7.15. The topological polar surface area (TPSA) is 102 Å². The van der Waals surface area contributed by atoms with Crippen molar-refractivity contribution in [2.45, 2.75) is 39.0 Å². The van der Waals surface area contributed by atoms with Crippen molar-refractivity contribution < 1.29 is 22.7 Å². The number of hydrazone groups is 1. The first-order chi connectivity index (χ1) is 20.6. The van der Waals surface area contributed by atoms with Gasteiger partial charge in [-0.25, -0.2) is 13.8 Å². The third-order valence-corrected chi connectivity index (χ3v) is 9.17. The van der Waals surface area contributed by atoms with Crippen LogP contribution in [-0.4, -0.2) is 56.7 Å². The van der Waals surface area contributed by atoms with Gasteiger partial charge in [-0.05, 0) is 69.0 Å². The third-order valence-electron chi connectivity index (χ3n) is 7.33. The van der Waals surface area contributed by atoms with E-state index in [1.807, 2.05) is 56.3 Å². The number of sulfonamides is 1. The quantitative estimate of drug-likeness (QED) is 0.179. The van der Waals surface area contributed by atoms with Gasteiger partial charge in [0.25, 0.3) is 5.91 Å². The maximum Gasteiger partial charge on any atom is 0.255 e. The summed E-state index contributed by atoms with van der Waals surface area (Å²) in [5.74, 6) is 0.123. The van der Waals surface area contributed by atoms with E-state index in [1.54, 1.807) is 6.21 Å². The molecule has 1 amide bonds. The summed E-state index contributed by atoms with van der Waals surface area (Å²) in [5.41, 5.74) is 9.76. The van der Waals surface area contributed by atoms with E-state index in [2.05, 4.69) is 41.1 Å². The summed E-state index contributed by atoms with van der Waals surface area (Å²) in [5, 5.41) is 4.18. The second kappa shape index (κ2) is 13.7. The molecule has 43 heavy (non-hydrogen) atoms. The molecule has 0 aliphatic rings. The molecule has 3 aromatic carbocycles. The summed E-state index contributed by atoms with van der Waals surface area (Å²) in [6.07, 6.45) is 2.01. The molecule has 10 heteroatoms. The predicted molar refractivity (Wildman–Crippen MR) is 169 cm³/mol. The van der Waals surface area contributed by atoms with Crippen LogP contribution in [0.2, 0.25) is 0 Å². The van der Waals surface area contributed by atoms with Crippen molar-refractivity contribution in [3.05, 3.63) is 106 Å². The highest BCUT2D eigenvalue weighted by atomic mass is 32.2. The first-order valence-corrected chi connectivity index (χ1v) is 15.3. The van der Waals surface area contributed by atoms with E-state index < -0.39 is 22.5 Å². The number of rotatable bonds is 12. The lowest BCUT2D eigenvalue weighted by molar-refractivity contribution is -0.121. The average Bonchev–Trinajstić information content (AvgIpc) is 3.27. The number of methoxy groups -OCH3 is 2. The largest absolute Gasteiger partial charge is 0.493 e. The predicted octanol–water partition coefficient (Wildman–Crippen LogP) is 5.11. The Balaban J connectivity index is 1.54. The van der Waals surface area contributed by atoms with Gasteiger partial charge in [-0.15, -0.1) is 0 Å². The molecule has 0 aliphatic heterocycles. The molecule has 9 nitrogen and oxygen atoms in total. The lowest BCUT2D eigenvalue weighted by atomic mass is 10.1. The van der Waals surface area contributed by atoms with Crippen LogP contribution >= 0.6 is 0 Å². The van der Waals surface area contributed by atoms with Crippen LogP contribution in [0.15, 0.2) is 82.8 Å². The summed E-state index contributed by atoms with van der Waals surface area (Å²) < 4.78 is 41.4. The molecule has 0 bridgehead atoms. The second-order valence-corrected chi connectivity index (χ2v) is 12.2. The van der Waals surface area contributed by atoms with Crippen LogP contribution in [0.3, 0.4) is 0 Å². The Labute approximate surface area is 253 Å². The van der Waals surface area contributed by atoms with Gasteiger partial charge in [-0.2, -0.15) is 9.41 Å². The summed E-state index contributed by atoms with van der Waals surface area (Å²) in [6, 6.07) is 22.1. The molecular weight excluding hydrogens is 564 g/mol. The number of benzene rings is 3. The SMILES string of the molecule is COc1ccc(S(=O)(=O)N(CCc2ccccc2)CC(=O)N/N=C/c2cc(C)n(-c3c(C)cccc3C)c2C)cc1OC. The highest BCUT2D eigenvalue weighted by Gasteiger charge is 2.28. The van der Waals surface area contributed by atoms with Crippen molar-refractivity contribution in [3.63, 3.8) is 0 Å². The zero-order chi connectivity index (χ0) is 31.1. The summed E-state index contributed by atoms with van der Waals surface area (Å²) in [4.78, 5) is 13.0. The molecule has 0 spiro atoms. The second-order valence-electron chi connectivity index (χ2n) is 10.3. The van der Waals surface area contributed by atoms with Crippen LogP contribution in [0.5, 0.6) is 11.5 Å². The fraction of sp³-hybridized carbons (Fsp3) is 0.273. The molecule has 1 aromatic heterocycles. The Morgan fingerprint density at radius 2 is 1.58 bits per heavy atom. The fourth-order valence-corrected chi connectivity index (χ4v) is 6.51. The summed E-state index contributed by atoms with van der Waals surface area (Å²) in [6.45, 7) is 7.86. The lowest BCUT2D eigenvalue weighted by Crippen LogP contribution is -2.40. The maximum absolute atomic E-state index is 13.7. The highest BCUT2D eigenvalue weighted by Crippen LogP contribution is 2.31. The Morgan fingerprint density at radius 1 is 0.907 bits per heavy atom. The van der Waals surface area contributed by atoms with Gasteiger partial charge in [0.15, 0.2) is 11.5 Å². The maximum atomic E-state index is 13.7. The van der Waals surface area contributed by atoms with Crippen molar-refractivity contribution in [1.82, 2.24) is 14.3 Å². The number of aryl methyl sites for hydroxylation is 3. The standard InChI is InChI=1S/C33H38N4O5S/c1-23-11-10-12-24(2)33(23)37-25(3)19-28(26(37)4)21-34-35-32(38)22-36(18-17-27-13-8-7-9-14-27)43(39,40)29-15-16-30(41-5)31(20-29)42-6/h7-16,19-21H,17-18,22H2,1-6H3,(H,35,38)/b34-21+. The number of aromatic nitrogens is 1. The number of carbonyl (C=O) groups is 1. The first kappa shape index (κ1) is 31.5. The van der Waals surface area contributed by atoms with Gasteiger partial charge >= 0.3 is 0 Å². The van der Waals surface area contributed by atoms with Crippen molar-refractivity contribution in [1.29, 1.82) is 0 Å². The molecule has 0 unspecified atom stereocenters. The van der Waals surface area contributed by atoms with Crippen LogP contribution < -0.4 is 14.9 Å². The van der Waals surface area contributed by atoms with Crippen LogP contribution in [0.1, 0.15) is 33.6 Å². The van der Waals surface area contributed by atoms with Crippen LogP contribution in [0.4, 0.5) is 0 Å². The van der Waals surface area contributed by atoms with E-state index >= 15 is 0 Å². The van der Waals surface area contributed by atoms with Crippen LogP contribution in [-0.2, 0) is 21.2 Å². The van der Waals surface area contributed by atoms with E-state index in [-0.39, 0.29) is 17.2 Å². The van der Waals surface area contributed by atoms with Crippen molar-refractivity contribution >= 4 is 22.1 Å². The van der Waals surface area contributed by atoms with Crippen molar-refractivity contribution in [2.75, 3.05) is 27.3 Å². The van der Waals surface area contributed by atoms with E-state index in [1.165, 1.54) is 32.4 Å². The molecule has 0 radical (unpaired) electrons. The molecular formula is C33H38N4O5S. The molecule has 0 saturated heterocycles. The normalized spacial score (nSPS) is 11.7. The van der Waals surface area contributed by atoms with Crippen molar-refractivity contribution in [3.8, 4) is 17.2 Å². The Bertz CT molecular complexity index is 1710. The number of amides is 1. The zero-order valence-corrected chi connectivity index (χ0v) is 26.2. The molecule has 0 atom stereocenters. The van der Waals surface area contributed by atoms with Crippen LogP contribution in [0, 0.1) is 27.7 Å². The molecule has 0 saturated carbocycles. The minimum Gasteiger partial charge on any atom is -0.493 e. The Kier molecular flexibility index (Phi) is 10.1. The number of hydrogen-bond acceptors (Lipinski definition) is 6. The molecule has 1 N–H and O–H groups in total. The van der Waals surface area contributed by atoms with E-state index in [0.29, 0.717) is 12.2 Å². The highest BCUT2D eigenvalue weighted by molar-refractivity contribution is 7.89. The van der Waals surface area contributed by atoms with Gasteiger partial charge in [0.1, 0.15) is 0 Å². The van der Waals surface area contributed by atoms with Gasteiger partial charge in [-0.3, -0.25) is 4.79 Å². The molecule has 4 rings (SSSR count). The number of para-hydroxylation sites is 1. The number of carbonyl (C=O) groups excluding carboxylic acids is 1. The monoisotopic (exact) mass is 602 g/mol. The lowest BCUT2D eigenvalue weighted by Gasteiger charge is -2.22. The van der Waals surface area contributed by atoms with Gasteiger partial charge in [0.2, 0.25) is 10.0 Å². The Morgan fingerprint density at radius 3 is 2.23 bits per heavy atom. The molecule has 0 fully saturated rings. The average molecular weight is 603 g/mol. The van der Waals surface area contributed by atoms with E-state index in [9.17, 15) is 13.2 Å². The van der Waals surface area contributed by atoms with E-state index in [4.69, 9.17) is 9.47 Å². The Hall–Kier alpha value is -4.41. The van der Waals surface area contributed by atoms with Crippen molar-refractivity contribution in [2.24, 2.45) is 5.10 Å². The molecule has 226 valence electrons. The molecule has 0 aliphatic carbocycles. The van der Waals surface area contributed by atoms with Gasteiger partial charge in [0.05, 0.1) is 37.6 Å². The van der Waals surface area contributed by atoms with Gasteiger partial charge < -0.3 is 14.0 Å². The number of nitrogens with zero attached hydrogens (tertiary/aromatic N) is 3. The number of hydrogen-bond donors (Lipinski definition) is 1. The first-order valence-electron chi connectivity index (χ1n) is 13.9. The summed E-state index contributed by atoms with van der Waals surface area (Å²) >= 11 is 0. The van der Waals surface area contributed by atoms with Gasteiger partial charge in [-0.1, -0.05) is 48.5 Å². The van der Waals surface area contributed by atoms with E-state index in [0.717, 1.165) is 43.6 Å². The molecule has 4 aromatic rings. The van der Waals surface area contributed by atoms with Crippen LogP contribution in [0.25, 0.3) is 5.69 Å².